The first-order chi connectivity index (χ1) is 12.8. The lowest BCUT2D eigenvalue weighted by Gasteiger charge is -2.51. The number of hydrogen-bond acceptors (Lipinski definition) is 9. The van der Waals surface area contributed by atoms with E-state index in [0.717, 1.165) is 17.2 Å². The average Bonchev–Trinajstić information content (AvgIpc) is 3.25. The second-order valence-electron chi connectivity index (χ2n) is 7.30. The molecule has 0 radical (unpaired) electrons. The number of nitrogens with zero attached hydrogens (tertiary/aromatic N) is 3. The second-order valence-corrected chi connectivity index (χ2v) is 9.15. The lowest BCUT2D eigenvalue weighted by atomic mass is 9.68. The van der Waals surface area contributed by atoms with Gasteiger partial charge in [-0.1, -0.05) is 23.8 Å². The smallest absolute Gasteiger partial charge is 0.279 e. The molecule has 0 aromatic carbocycles. The molecule has 2 aromatic heterocycles. The van der Waals surface area contributed by atoms with E-state index in [4.69, 9.17) is 20.0 Å². The Hall–Kier alpha value is -1.91. The van der Waals surface area contributed by atoms with Crippen molar-refractivity contribution in [3.05, 3.63) is 27.9 Å². The van der Waals surface area contributed by atoms with E-state index in [-0.39, 0.29) is 23.1 Å². The summed E-state index contributed by atoms with van der Waals surface area (Å²) in [6.07, 6.45) is 1.03. The first-order valence-corrected chi connectivity index (χ1v) is 10.5. The molecule has 4 heterocycles. The van der Waals surface area contributed by atoms with Crippen LogP contribution in [0.4, 0.5) is 5.82 Å². The van der Waals surface area contributed by atoms with Gasteiger partial charge in [0.15, 0.2) is 10.9 Å². The van der Waals surface area contributed by atoms with Gasteiger partial charge in [-0.05, 0) is 20.3 Å². The molecule has 2 aliphatic rings. The number of aryl methyl sites for hydroxylation is 1. The topological polar surface area (TPSA) is 116 Å². The van der Waals surface area contributed by atoms with Crippen LogP contribution in [0.25, 0.3) is 0 Å². The van der Waals surface area contributed by atoms with Crippen LogP contribution in [0, 0.1) is 12.3 Å². The standard InChI is InChI=1S/C17H21N5O3S2/c1-9-4-11(22-25-9)13(23)19-12-6-26-14(20-12)17-7-24-10(2)5-16(17,3)8-27-15(18)21-17/h4,6,10H,5,7-8H2,1-3H3,(H2,18,21)(H,19,23)/t10-,16-,17+/m0/s1. The van der Waals surface area contributed by atoms with Crippen molar-refractivity contribution < 1.29 is 14.1 Å². The third-order valence-corrected chi connectivity index (χ3v) is 7.27. The van der Waals surface area contributed by atoms with Gasteiger partial charge in [-0.25, -0.2) is 9.98 Å². The number of carbonyl (C=O) groups is 1. The molecule has 1 fully saturated rings. The Labute approximate surface area is 164 Å². The maximum Gasteiger partial charge on any atom is 0.279 e. The maximum atomic E-state index is 12.3. The molecule has 4 rings (SSSR count). The first-order valence-electron chi connectivity index (χ1n) is 8.62. The fraction of sp³-hybridized carbons (Fsp3) is 0.529. The van der Waals surface area contributed by atoms with E-state index in [1.807, 2.05) is 0 Å². The van der Waals surface area contributed by atoms with E-state index in [2.05, 4.69) is 29.3 Å². The highest BCUT2D eigenvalue weighted by atomic mass is 32.2. The van der Waals surface area contributed by atoms with Gasteiger partial charge in [-0.15, -0.1) is 11.3 Å². The molecule has 0 aliphatic carbocycles. The van der Waals surface area contributed by atoms with Crippen LogP contribution < -0.4 is 11.1 Å². The van der Waals surface area contributed by atoms with Gasteiger partial charge < -0.3 is 20.3 Å². The van der Waals surface area contributed by atoms with Crippen molar-refractivity contribution in [2.45, 2.75) is 38.8 Å². The number of hydrogen-bond donors (Lipinski definition) is 2. The molecule has 8 nitrogen and oxygen atoms in total. The molecular formula is C17H21N5O3S2. The van der Waals surface area contributed by atoms with Crippen LogP contribution in [0.15, 0.2) is 21.0 Å². The Morgan fingerprint density at radius 2 is 2.30 bits per heavy atom. The lowest BCUT2D eigenvalue weighted by Crippen LogP contribution is -2.56. The molecule has 3 N–H and O–H groups in total. The van der Waals surface area contributed by atoms with Gasteiger partial charge in [-0.3, -0.25) is 4.79 Å². The molecule has 27 heavy (non-hydrogen) atoms. The van der Waals surface area contributed by atoms with Gasteiger partial charge in [0, 0.05) is 22.6 Å². The maximum absolute atomic E-state index is 12.3. The zero-order chi connectivity index (χ0) is 19.2. The lowest BCUT2D eigenvalue weighted by molar-refractivity contribution is -0.0861. The quantitative estimate of drug-likeness (QED) is 0.803. The molecule has 0 spiro atoms. The monoisotopic (exact) mass is 407 g/mol. The van der Waals surface area contributed by atoms with Crippen LogP contribution >= 0.6 is 23.1 Å². The number of fused-ring (bicyclic) bond motifs is 1. The van der Waals surface area contributed by atoms with Gasteiger partial charge in [0.1, 0.15) is 22.1 Å². The van der Waals surface area contributed by atoms with E-state index in [9.17, 15) is 4.79 Å². The van der Waals surface area contributed by atoms with Crippen LogP contribution in [-0.4, -0.2) is 39.7 Å². The van der Waals surface area contributed by atoms with Crippen molar-refractivity contribution in [3.8, 4) is 0 Å². The van der Waals surface area contributed by atoms with Crippen molar-refractivity contribution in [1.29, 1.82) is 0 Å². The van der Waals surface area contributed by atoms with Crippen LogP contribution in [0.1, 0.15) is 41.5 Å². The molecule has 10 heteroatoms. The molecular weight excluding hydrogens is 386 g/mol. The number of amides is 1. The third-order valence-electron chi connectivity index (χ3n) is 5.11. The Kier molecular flexibility index (Phi) is 4.52. The van der Waals surface area contributed by atoms with Gasteiger partial charge in [0.2, 0.25) is 0 Å². The Morgan fingerprint density at radius 3 is 3.04 bits per heavy atom. The van der Waals surface area contributed by atoms with Gasteiger partial charge in [0.25, 0.3) is 5.91 Å². The van der Waals surface area contributed by atoms with Gasteiger partial charge in [-0.2, -0.15) is 0 Å². The van der Waals surface area contributed by atoms with Gasteiger partial charge >= 0.3 is 0 Å². The highest BCUT2D eigenvalue weighted by molar-refractivity contribution is 8.13. The number of rotatable bonds is 3. The third kappa shape index (κ3) is 3.15. The van der Waals surface area contributed by atoms with Gasteiger partial charge in [0.05, 0.1) is 12.7 Å². The van der Waals surface area contributed by atoms with Crippen LogP contribution in [0.5, 0.6) is 0 Å². The largest absolute Gasteiger partial charge is 0.379 e. The number of ether oxygens (including phenoxy) is 1. The summed E-state index contributed by atoms with van der Waals surface area (Å²) in [7, 11) is 0. The minimum absolute atomic E-state index is 0.124. The van der Waals surface area contributed by atoms with Crippen molar-refractivity contribution in [3.63, 3.8) is 0 Å². The Morgan fingerprint density at radius 1 is 1.48 bits per heavy atom. The number of nitrogens with two attached hydrogens (primary N) is 1. The van der Waals surface area contributed by atoms with Crippen molar-refractivity contribution in [1.82, 2.24) is 10.1 Å². The molecule has 144 valence electrons. The highest BCUT2D eigenvalue weighted by Crippen LogP contribution is 2.54. The van der Waals surface area contributed by atoms with Crippen molar-refractivity contribution >= 4 is 40.0 Å². The summed E-state index contributed by atoms with van der Waals surface area (Å²) in [5.41, 5.74) is 5.53. The number of thiazole rings is 1. The summed E-state index contributed by atoms with van der Waals surface area (Å²) in [6, 6.07) is 1.58. The zero-order valence-corrected chi connectivity index (χ0v) is 16.9. The summed E-state index contributed by atoms with van der Waals surface area (Å²) in [6.45, 7) is 6.45. The predicted molar refractivity (Wildman–Crippen MR) is 105 cm³/mol. The molecule has 2 aliphatic heterocycles. The summed E-state index contributed by atoms with van der Waals surface area (Å²) in [4.78, 5) is 21.8. The predicted octanol–water partition coefficient (Wildman–Crippen LogP) is 2.76. The summed E-state index contributed by atoms with van der Waals surface area (Å²) < 4.78 is 10.9. The molecule has 0 saturated carbocycles. The number of thioether (sulfide) groups is 1. The molecule has 0 unspecified atom stereocenters. The second kappa shape index (κ2) is 6.61. The number of aliphatic imine (C=N–C) groups is 1. The minimum Gasteiger partial charge on any atom is -0.379 e. The fourth-order valence-corrected chi connectivity index (χ4v) is 5.72. The molecule has 2 aromatic rings. The minimum atomic E-state index is -0.632. The van der Waals surface area contributed by atoms with E-state index in [1.165, 1.54) is 11.3 Å². The molecule has 1 amide bonds. The van der Waals surface area contributed by atoms with E-state index < -0.39 is 5.54 Å². The van der Waals surface area contributed by atoms with E-state index >= 15 is 0 Å². The Balaban J connectivity index is 1.64. The number of anilines is 1. The summed E-state index contributed by atoms with van der Waals surface area (Å²) in [5.74, 6) is 1.53. The highest BCUT2D eigenvalue weighted by Gasteiger charge is 2.57. The van der Waals surface area contributed by atoms with Crippen molar-refractivity contribution in [2.24, 2.45) is 16.1 Å². The van der Waals surface area contributed by atoms with Crippen molar-refractivity contribution in [2.75, 3.05) is 17.7 Å². The number of nitrogens with one attached hydrogen (secondary N) is 1. The Bertz CT molecular complexity index is 910. The average molecular weight is 408 g/mol. The zero-order valence-electron chi connectivity index (χ0n) is 15.3. The molecule has 3 atom stereocenters. The SMILES string of the molecule is Cc1cc(C(=O)Nc2csc([C@]34CO[C@@H](C)C[C@@]3(C)CSC(N)=N4)n2)no1. The number of aromatic nitrogens is 2. The number of carbonyl (C=O) groups excluding carboxylic acids is 1. The van der Waals surface area contributed by atoms with Crippen LogP contribution in [-0.2, 0) is 10.3 Å². The van der Waals surface area contributed by atoms with Crippen LogP contribution in [0.2, 0.25) is 0 Å². The summed E-state index contributed by atoms with van der Waals surface area (Å²) in [5, 5.41) is 9.65. The number of amidine groups is 1. The summed E-state index contributed by atoms with van der Waals surface area (Å²) >= 11 is 3.03. The first kappa shape index (κ1) is 18.5. The van der Waals surface area contributed by atoms with E-state index in [0.29, 0.717) is 23.4 Å². The fourth-order valence-electron chi connectivity index (χ4n) is 3.64. The normalized spacial score (nSPS) is 30.5. The van der Waals surface area contributed by atoms with E-state index in [1.54, 1.807) is 30.1 Å². The van der Waals surface area contributed by atoms with Crippen LogP contribution in [0.3, 0.4) is 0 Å². The molecule has 0 bridgehead atoms. The molecule has 1 saturated heterocycles.